The molecule has 0 radical (unpaired) electrons. The van der Waals surface area contributed by atoms with Crippen LogP contribution in [0.15, 0.2) is 53.7 Å². The lowest BCUT2D eigenvalue weighted by Crippen LogP contribution is -2.39. The van der Waals surface area contributed by atoms with Gasteiger partial charge in [-0.25, -0.2) is 0 Å². The lowest BCUT2D eigenvalue weighted by Gasteiger charge is -2.26. The Kier molecular flexibility index (Phi) is 6.17. The summed E-state index contributed by atoms with van der Waals surface area (Å²) in [5.74, 6) is 0.0189. The van der Waals surface area contributed by atoms with E-state index in [2.05, 4.69) is 36.3 Å². The smallest absolute Gasteiger partial charge is 0.225 e. The molecule has 1 heterocycles. The Morgan fingerprint density at radius 3 is 2.67 bits per heavy atom. The molecule has 1 aliphatic heterocycles. The number of oxime groups is 1. The Bertz CT molecular complexity index is 830. The molecule has 1 unspecified atom stereocenters. The third-order valence-electron chi connectivity index (χ3n) is 4.61. The standard InChI is InChI=1S/C22H25ClN2O2/c1-15(2)22(26)25(13-17-5-4-6-19(23)11-17)14-20-12-21(24-27-20)18-9-7-16(3)8-10-18/h4-11,15,20H,12-14H2,1-3H3. The van der Waals surface area contributed by atoms with E-state index in [9.17, 15) is 4.79 Å². The summed E-state index contributed by atoms with van der Waals surface area (Å²) in [7, 11) is 0. The van der Waals surface area contributed by atoms with Crippen LogP contribution < -0.4 is 0 Å². The van der Waals surface area contributed by atoms with Crippen molar-refractivity contribution in [2.24, 2.45) is 11.1 Å². The predicted octanol–water partition coefficient (Wildman–Crippen LogP) is 4.83. The van der Waals surface area contributed by atoms with E-state index in [1.165, 1.54) is 5.56 Å². The van der Waals surface area contributed by atoms with E-state index in [-0.39, 0.29) is 17.9 Å². The number of benzene rings is 2. The normalized spacial score (nSPS) is 16.2. The first kappa shape index (κ1) is 19.4. The van der Waals surface area contributed by atoms with Gasteiger partial charge >= 0.3 is 0 Å². The number of nitrogens with zero attached hydrogens (tertiary/aromatic N) is 2. The van der Waals surface area contributed by atoms with Crippen molar-refractivity contribution in [3.05, 3.63) is 70.2 Å². The molecule has 1 atom stereocenters. The highest BCUT2D eigenvalue weighted by Gasteiger charge is 2.27. The topological polar surface area (TPSA) is 41.9 Å². The monoisotopic (exact) mass is 384 g/mol. The Hall–Kier alpha value is -2.33. The number of aryl methyl sites for hydroxylation is 1. The number of carbonyl (C=O) groups is 1. The van der Waals surface area contributed by atoms with Gasteiger partial charge in [0.25, 0.3) is 0 Å². The van der Waals surface area contributed by atoms with Crippen LogP contribution in [0.25, 0.3) is 0 Å². The van der Waals surface area contributed by atoms with Crippen LogP contribution in [0.5, 0.6) is 0 Å². The molecule has 0 saturated carbocycles. The van der Waals surface area contributed by atoms with Crippen LogP contribution in [-0.4, -0.2) is 29.2 Å². The number of halogens is 1. The molecule has 0 aromatic heterocycles. The van der Waals surface area contributed by atoms with Gasteiger partial charge in [0, 0.05) is 23.9 Å². The van der Waals surface area contributed by atoms with E-state index in [0.29, 0.717) is 24.5 Å². The lowest BCUT2D eigenvalue weighted by atomic mass is 10.0. The summed E-state index contributed by atoms with van der Waals surface area (Å²) in [4.78, 5) is 20.2. The predicted molar refractivity (Wildman–Crippen MR) is 109 cm³/mol. The molecule has 0 aliphatic carbocycles. The fraction of sp³-hybridized carbons (Fsp3) is 0.364. The van der Waals surface area contributed by atoms with Gasteiger partial charge in [0.05, 0.1) is 12.3 Å². The van der Waals surface area contributed by atoms with Crippen LogP contribution in [0, 0.1) is 12.8 Å². The molecule has 0 fully saturated rings. The van der Waals surface area contributed by atoms with Crippen LogP contribution in [0.3, 0.4) is 0 Å². The lowest BCUT2D eigenvalue weighted by molar-refractivity contribution is -0.136. The Labute approximate surface area is 165 Å². The summed E-state index contributed by atoms with van der Waals surface area (Å²) < 4.78 is 0. The van der Waals surface area contributed by atoms with Gasteiger partial charge in [-0.2, -0.15) is 0 Å². The molecule has 1 aliphatic rings. The minimum absolute atomic E-state index is 0.0805. The quantitative estimate of drug-likeness (QED) is 0.716. The molecule has 0 bridgehead atoms. The van der Waals surface area contributed by atoms with Crippen molar-refractivity contribution in [3.63, 3.8) is 0 Å². The number of hydrogen-bond donors (Lipinski definition) is 0. The van der Waals surface area contributed by atoms with Crippen molar-refractivity contribution in [2.45, 2.75) is 39.8 Å². The van der Waals surface area contributed by atoms with Gasteiger partial charge in [0.2, 0.25) is 5.91 Å². The van der Waals surface area contributed by atoms with Gasteiger partial charge in [-0.05, 0) is 30.2 Å². The third-order valence-corrected chi connectivity index (χ3v) is 4.84. The van der Waals surface area contributed by atoms with Crippen LogP contribution in [-0.2, 0) is 16.2 Å². The first-order valence-electron chi connectivity index (χ1n) is 9.25. The fourth-order valence-electron chi connectivity index (χ4n) is 3.14. The molecule has 0 N–H and O–H groups in total. The number of amides is 1. The molecule has 4 nitrogen and oxygen atoms in total. The maximum absolute atomic E-state index is 12.7. The minimum Gasteiger partial charge on any atom is -0.390 e. The molecule has 5 heteroatoms. The SMILES string of the molecule is Cc1ccc(C2=NOC(CN(Cc3cccc(Cl)c3)C(=O)C(C)C)C2)cc1. The molecular weight excluding hydrogens is 360 g/mol. The van der Waals surface area contributed by atoms with Crippen LogP contribution in [0.2, 0.25) is 5.02 Å². The highest BCUT2D eigenvalue weighted by atomic mass is 35.5. The van der Waals surface area contributed by atoms with E-state index in [0.717, 1.165) is 16.8 Å². The summed E-state index contributed by atoms with van der Waals surface area (Å²) in [6.07, 6.45) is 0.559. The first-order chi connectivity index (χ1) is 12.9. The zero-order valence-electron chi connectivity index (χ0n) is 16.0. The summed E-state index contributed by atoms with van der Waals surface area (Å²) in [6.45, 7) is 6.90. The average molecular weight is 385 g/mol. The first-order valence-corrected chi connectivity index (χ1v) is 9.63. The summed E-state index contributed by atoms with van der Waals surface area (Å²) in [5, 5.41) is 4.93. The number of carbonyl (C=O) groups excluding carboxylic acids is 1. The Balaban J connectivity index is 1.68. The zero-order valence-corrected chi connectivity index (χ0v) is 16.7. The Morgan fingerprint density at radius 1 is 1.26 bits per heavy atom. The van der Waals surface area contributed by atoms with Crippen molar-refractivity contribution in [2.75, 3.05) is 6.54 Å². The summed E-state index contributed by atoms with van der Waals surface area (Å²) >= 11 is 6.09. The number of rotatable bonds is 6. The van der Waals surface area contributed by atoms with Gasteiger partial charge in [-0.1, -0.05) is 72.6 Å². The summed E-state index contributed by atoms with van der Waals surface area (Å²) in [6, 6.07) is 15.9. The second-order valence-electron chi connectivity index (χ2n) is 7.34. The molecule has 2 aromatic rings. The maximum Gasteiger partial charge on any atom is 0.225 e. The number of hydrogen-bond acceptors (Lipinski definition) is 3. The van der Waals surface area contributed by atoms with Crippen molar-refractivity contribution in [1.29, 1.82) is 0 Å². The molecule has 3 rings (SSSR count). The van der Waals surface area contributed by atoms with Crippen molar-refractivity contribution >= 4 is 23.2 Å². The molecule has 1 amide bonds. The van der Waals surface area contributed by atoms with Crippen LogP contribution >= 0.6 is 11.6 Å². The van der Waals surface area contributed by atoms with E-state index < -0.39 is 0 Å². The largest absolute Gasteiger partial charge is 0.390 e. The second kappa shape index (κ2) is 8.57. The van der Waals surface area contributed by atoms with Crippen molar-refractivity contribution < 1.29 is 9.63 Å². The summed E-state index contributed by atoms with van der Waals surface area (Å²) in [5.41, 5.74) is 4.22. The van der Waals surface area contributed by atoms with Gasteiger partial charge in [-0.15, -0.1) is 0 Å². The van der Waals surface area contributed by atoms with Crippen LogP contribution in [0.4, 0.5) is 0 Å². The van der Waals surface area contributed by atoms with Crippen molar-refractivity contribution in [3.8, 4) is 0 Å². The van der Waals surface area contributed by atoms with Crippen molar-refractivity contribution in [1.82, 2.24) is 4.90 Å². The van der Waals surface area contributed by atoms with E-state index in [1.54, 1.807) is 0 Å². The second-order valence-corrected chi connectivity index (χ2v) is 7.78. The molecule has 0 spiro atoms. The van der Waals surface area contributed by atoms with Crippen LogP contribution in [0.1, 0.15) is 37.0 Å². The molecular formula is C22H25ClN2O2. The van der Waals surface area contributed by atoms with Gasteiger partial charge in [-0.3, -0.25) is 4.79 Å². The fourth-order valence-corrected chi connectivity index (χ4v) is 3.35. The third kappa shape index (κ3) is 5.10. The highest BCUT2D eigenvalue weighted by Crippen LogP contribution is 2.21. The molecule has 0 saturated heterocycles. The van der Waals surface area contributed by atoms with E-state index in [4.69, 9.17) is 16.4 Å². The zero-order chi connectivity index (χ0) is 19.4. The van der Waals surface area contributed by atoms with E-state index in [1.807, 2.05) is 43.0 Å². The van der Waals surface area contributed by atoms with Gasteiger partial charge in [0.1, 0.15) is 0 Å². The Morgan fingerprint density at radius 2 is 2.00 bits per heavy atom. The maximum atomic E-state index is 12.7. The highest BCUT2D eigenvalue weighted by molar-refractivity contribution is 6.30. The molecule has 27 heavy (non-hydrogen) atoms. The minimum atomic E-state index is -0.136. The van der Waals surface area contributed by atoms with Gasteiger partial charge < -0.3 is 9.74 Å². The van der Waals surface area contributed by atoms with E-state index >= 15 is 0 Å². The molecule has 142 valence electrons. The van der Waals surface area contributed by atoms with Gasteiger partial charge in [0.15, 0.2) is 6.10 Å². The molecule has 2 aromatic carbocycles. The average Bonchev–Trinajstić information content (AvgIpc) is 3.09.